The Morgan fingerprint density at radius 2 is 2.37 bits per heavy atom. The molecule has 19 heavy (non-hydrogen) atoms. The van der Waals surface area contributed by atoms with Crippen LogP contribution in [0, 0.1) is 11.8 Å². The third-order valence-electron chi connectivity index (χ3n) is 3.00. The number of hydrogen-bond donors (Lipinski definition) is 2. The highest BCUT2D eigenvalue weighted by atomic mass is 32.1. The normalized spacial score (nSPS) is 17.9. The fourth-order valence-corrected chi connectivity index (χ4v) is 2.95. The van der Waals surface area contributed by atoms with Crippen LogP contribution >= 0.6 is 11.3 Å². The summed E-state index contributed by atoms with van der Waals surface area (Å²) in [4.78, 5) is 25.7. The number of aliphatic hydroxyl groups is 1. The monoisotopic (exact) mass is 278 g/mol. The van der Waals surface area contributed by atoms with Crippen molar-refractivity contribution in [3.8, 4) is 11.8 Å². The molecule has 2 rings (SSSR count). The number of aliphatic hydroxyl groups excluding tert-OH is 1. The Bertz CT molecular complexity index is 556. The first-order chi connectivity index (χ1) is 9.15. The number of hydrogen-bond acceptors (Lipinski definition) is 4. The minimum absolute atomic E-state index is 0.210. The van der Waals surface area contributed by atoms with Gasteiger partial charge in [-0.25, -0.2) is 0 Å². The van der Waals surface area contributed by atoms with Gasteiger partial charge in [0.15, 0.2) is 0 Å². The van der Waals surface area contributed by atoms with E-state index in [1.807, 2.05) is 0 Å². The number of thiophene rings is 1. The maximum Gasteiger partial charge on any atom is 0.265 e. The van der Waals surface area contributed by atoms with E-state index in [2.05, 4.69) is 11.8 Å². The molecule has 6 heteroatoms. The molecule has 1 atom stereocenters. The van der Waals surface area contributed by atoms with Gasteiger partial charge in [0.25, 0.3) is 5.91 Å². The van der Waals surface area contributed by atoms with Gasteiger partial charge in [-0.2, -0.15) is 0 Å². The van der Waals surface area contributed by atoms with Gasteiger partial charge in [-0.05, 0) is 24.3 Å². The molecule has 0 aliphatic carbocycles. The van der Waals surface area contributed by atoms with Crippen LogP contribution < -0.4 is 5.73 Å². The quantitative estimate of drug-likeness (QED) is 0.757. The average molecular weight is 278 g/mol. The molecule has 100 valence electrons. The van der Waals surface area contributed by atoms with Gasteiger partial charge in [-0.15, -0.1) is 11.3 Å². The van der Waals surface area contributed by atoms with Gasteiger partial charge in [0.05, 0.1) is 0 Å². The Labute approximate surface area is 115 Å². The lowest BCUT2D eigenvalue weighted by atomic mass is 10.2. The fraction of sp³-hybridized carbons (Fsp3) is 0.385. The fourth-order valence-electron chi connectivity index (χ4n) is 2.14. The highest BCUT2D eigenvalue weighted by Crippen LogP contribution is 2.24. The summed E-state index contributed by atoms with van der Waals surface area (Å²) in [5.41, 5.74) is 5.89. The minimum atomic E-state index is -0.520. The summed E-state index contributed by atoms with van der Waals surface area (Å²) in [6.07, 6.45) is 1.40. The molecule has 1 fully saturated rings. The number of amides is 2. The molecule has 0 radical (unpaired) electrons. The number of carbonyl (C=O) groups is 2. The maximum absolute atomic E-state index is 12.4. The lowest BCUT2D eigenvalue weighted by molar-refractivity contribution is -0.121. The molecule has 1 saturated heterocycles. The molecule has 0 saturated carbocycles. The first kappa shape index (κ1) is 13.6. The zero-order chi connectivity index (χ0) is 13.8. The van der Waals surface area contributed by atoms with E-state index < -0.39 is 11.9 Å². The Kier molecular flexibility index (Phi) is 4.20. The first-order valence-electron chi connectivity index (χ1n) is 5.92. The summed E-state index contributed by atoms with van der Waals surface area (Å²) < 4.78 is 0. The van der Waals surface area contributed by atoms with Crippen LogP contribution in [0.4, 0.5) is 0 Å². The topological polar surface area (TPSA) is 83.6 Å². The zero-order valence-corrected chi connectivity index (χ0v) is 11.1. The molecule has 1 aliphatic heterocycles. The lowest BCUT2D eigenvalue weighted by Crippen LogP contribution is -2.43. The minimum Gasteiger partial charge on any atom is -0.384 e. The molecule has 3 N–H and O–H groups in total. The Balaban J connectivity index is 2.25. The largest absolute Gasteiger partial charge is 0.384 e. The van der Waals surface area contributed by atoms with Crippen LogP contribution in [0.3, 0.4) is 0 Å². The lowest BCUT2D eigenvalue weighted by Gasteiger charge is -2.21. The predicted octanol–water partition coefficient (Wildman–Crippen LogP) is 0.182. The number of primary amides is 1. The molecule has 0 bridgehead atoms. The van der Waals surface area contributed by atoms with Gasteiger partial charge in [-0.1, -0.05) is 11.8 Å². The number of likely N-dealkylation sites (tertiary alicyclic amines) is 1. The van der Waals surface area contributed by atoms with Crippen LogP contribution in [-0.4, -0.2) is 41.0 Å². The number of nitrogens with two attached hydrogens (primary N) is 1. The predicted molar refractivity (Wildman–Crippen MR) is 71.5 cm³/mol. The van der Waals surface area contributed by atoms with Crippen molar-refractivity contribution >= 4 is 23.2 Å². The SMILES string of the molecule is NC(=O)C1CCCN1C(=O)c1sccc1C#CCO. The summed E-state index contributed by atoms with van der Waals surface area (Å²) in [6.45, 7) is 0.286. The standard InChI is InChI=1S/C13H14N2O3S/c14-12(17)10-4-1-6-15(10)13(18)11-9(3-2-7-16)5-8-19-11/h5,8,10,16H,1,4,6-7H2,(H2,14,17). The summed E-state index contributed by atoms with van der Waals surface area (Å²) in [7, 11) is 0. The van der Waals surface area contributed by atoms with Crippen molar-refractivity contribution in [2.75, 3.05) is 13.2 Å². The Hall–Kier alpha value is -1.84. The van der Waals surface area contributed by atoms with Gasteiger partial charge in [0.1, 0.15) is 17.5 Å². The number of nitrogens with zero attached hydrogens (tertiary/aromatic N) is 1. The second-order valence-corrected chi connectivity index (χ2v) is 5.10. The van der Waals surface area contributed by atoms with Crippen LogP contribution in [0.1, 0.15) is 28.1 Å². The van der Waals surface area contributed by atoms with Crippen molar-refractivity contribution < 1.29 is 14.7 Å². The Morgan fingerprint density at radius 3 is 3.05 bits per heavy atom. The molecule has 1 aromatic rings. The molecule has 2 heterocycles. The zero-order valence-electron chi connectivity index (χ0n) is 10.3. The first-order valence-corrected chi connectivity index (χ1v) is 6.80. The van der Waals surface area contributed by atoms with Crippen molar-refractivity contribution in [3.63, 3.8) is 0 Å². The van der Waals surface area contributed by atoms with Crippen molar-refractivity contribution in [1.82, 2.24) is 4.90 Å². The van der Waals surface area contributed by atoms with Gasteiger partial charge in [0, 0.05) is 12.1 Å². The molecule has 5 nitrogen and oxygen atoms in total. The van der Waals surface area contributed by atoms with E-state index in [4.69, 9.17) is 10.8 Å². The van der Waals surface area contributed by atoms with Crippen LogP contribution in [0.25, 0.3) is 0 Å². The van der Waals surface area contributed by atoms with Gasteiger partial charge in [0.2, 0.25) is 5.91 Å². The number of carbonyl (C=O) groups excluding carboxylic acids is 2. The van der Waals surface area contributed by atoms with Crippen LogP contribution in [0.5, 0.6) is 0 Å². The average Bonchev–Trinajstić information content (AvgIpc) is 3.04. The van der Waals surface area contributed by atoms with E-state index >= 15 is 0 Å². The van der Waals surface area contributed by atoms with Crippen LogP contribution in [0.2, 0.25) is 0 Å². The van der Waals surface area contributed by atoms with E-state index in [1.54, 1.807) is 11.4 Å². The van der Waals surface area contributed by atoms with Crippen molar-refractivity contribution in [2.45, 2.75) is 18.9 Å². The molecule has 2 amide bonds. The number of rotatable bonds is 2. The van der Waals surface area contributed by atoms with Gasteiger partial charge < -0.3 is 15.7 Å². The second kappa shape index (κ2) is 5.87. The molecular weight excluding hydrogens is 264 g/mol. The summed E-state index contributed by atoms with van der Waals surface area (Å²) in [5, 5.41) is 10.5. The molecule has 1 unspecified atom stereocenters. The van der Waals surface area contributed by atoms with E-state index in [-0.39, 0.29) is 12.5 Å². The van der Waals surface area contributed by atoms with Crippen molar-refractivity contribution in [2.24, 2.45) is 5.73 Å². The second-order valence-electron chi connectivity index (χ2n) is 4.18. The van der Waals surface area contributed by atoms with E-state index in [1.165, 1.54) is 16.2 Å². The molecule has 0 spiro atoms. The molecule has 1 aliphatic rings. The Morgan fingerprint density at radius 1 is 1.58 bits per heavy atom. The summed E-state index contributed by atoms with van der Waals surface area (Å²) >= 11 is 1.28. The van der Waals surface area contributed by atoms with Crippen LogP contribution in [0.15, 0.2) is 11.4 Å². The van der Waals surface area contributed by atoms with Gasteiger partial charge >= 0.3 is 0 Å². The third kappa shape index (κ3) is 2.78. The van der Waals surface area contributed by atoms with Crippen LogP contribution in [-0.2, 0) is 4.79 Å². The van der Waals surface area contributed by atoms with Crippen molar-refractivity contribution in [1.29, 1.82) is 0 Å². The maximum atomic E-state index is 12.4. The van der Waals surface area contributed by atoms with Gasteiger partial charge in [-0.3, -0.25) is 9.59 Å². The molecule has 1 aromatic heterocycles. The van der Waals surface area contributed by atoms with E-state index in [0.29, 0.717) is 23.4 Å². The molecule has 0 aromatic carbocycles. The summed E-state index contributed by atoms with van der Waals surface area (Å²) in [6, 6.07) is 1.21. The smallest absolute Gasteiger partial charge is 0.265 e. The third-order valence-corrected chi connectivity index (χ3v) is 3.91. The highest BCUT2D eigenvalue weighted by molar-refractivity contribution is 7.12. The molecular formula is C13H14N2O3S. The van der Waals surface area contributed by atoms with Crippen molar-refractivity contribution in [3.05, 3.63) is 21.9 Å². The highest BCUT2D eigenvalue weighted by Gasteiger charge is 2.34. The van der Waals surface area contributed by atoms with E-state index in [0.717, 1.165) is 6.42 Å². The summed E-state index contributed by atoms with van der Waals surface area (Å²) in [5.74, 6) is 4.58. The van der Waals surface area contributed by atoms with E-state index in [9.17, 15) is 9.59 Å².